The first-order valence-corrected chi connectivity index (χ1v) is 9.54. The Balaban J connectivity index is 1.60. The Morgan fingerprint density at radius 3 is 2.39 bits per heavy atom. The monoisotopic (exact) mass is 374 g/mol. The molecule has 5 heteroatoms. The van der Waals surface area contributed by atoms with E-state index in [1.54, 1.807) is 0 Å². The summed E-state index contributed by atoms with van der Waals surface area (Å²) in [7, 11) is 0. The molecular weight excluding hydrogens is 348 g/mol. The Morgan fingerprint density at radius 1 is 0.964 bits per heavy atom. The molecule has 0 unspecified atom stereocenters. The summed E-state index contributed by atoms with van der Waals surface area (Å²) in [4.78, 5) is 21.4. The first-order valence-electron chi connectivity index (χ1n) is 9.54. The lowest BCUT2D eigenvalue weighted by atomic mass is 10.1. The van der Waals surface area contributed by atoms with Crippen LogP contribution >= 0.6 is 0 Å². The van der Waals surface area contributed by atoms with Gasteiger partial charge in [-0.25, -0.2) is 9.97 Å². The average molecular weight is 374 g/mol. The first kappa shape index (κ1) is 19.5. The molecule has 1 heterocycles. The first-order chi connectivity index (χ1) is 13.5. The highest BCUT2D eigenvalue weighted by molar-refractivity contribution is 5.95. The number of aromatic nitrogens is 2. The van der Waals surface area contributed by atoms with Crippen LogP contribution in [-0.4, -0.2) is 21.9 Å². The molecule has 0 saturated heterocycles. The molecule has 1 atom stereocenters. The van der Waals surface area contributed by atoms with Gasteiger partial charge >= 0.3 is 0 Å². The lowest BCUT2D eigenvalue weighted by Crippen LogP contribution is -2.32. The topological polar surface area (TPSA) is 66.9 Å². The summed E-state index contributed by atoms with van der Waals surface area (Å²) in [5.74, 6) is 0.455. The van der Waals surface area contributed by atoms with E-state index < -0.39 is 0 Å². The van der Waals surface area contributed by atoms with Gasteiger partial charge in [-0.2, -0.15) is 0 Å². The fourth-order valence-corrected chi connectivity index (χ4v) is 3.06. The number of carbonyl (C=O) groups excluding carboxylic acids is 1. The SMILES string of the molecule is Cc1cc(C)nc(Nc2cccc(C(=O)N[C@H](C)CCc3ccccc3)c2)n1. The van der Waals surface area contributed by atoms with Gasteiger partial charge < -0.3 is 10.6 Å². The summed E-state index contributed by atoms with van der Waals surface area (Å²) < 4.78 is 0. The molecule has 0 aliphatic rings. The zero-order chi connectivity index (χ0) is 19.9. The fraction of sp³-hybridized carbons (Fsp3) is 0.261. The van der Waals surface area contributed by atoms with Crippen LogP contribution in [0.5, 0.6) is 0 Å². The third kappa shape index (κ3) is 5.64. The van der Waals surface area contributed by atoms with Crippen LogP contribution in [0.15, 0.2) is 60.7 Å². The van der Waals surface area contributed by atoms with Crippen LogP contribution in [0.2, 0.25) is 0 Å². The van der Waals surface area contributed by atoms with Gasteiger partial charge in [-0.3, -0.25) is 4.79 Å². The number of benzene rings is 2. The van der Waals surface area contributed by atoms with Gasteiger partial charge in [0.1, 0.15) is 0 Å². The van der Waals surface area contributed by atoms with Gasteiger partial charge in [0.25, 0.3) is 5.91 Å². The van der Waals surface area contributed by atoms with E-state index in [1.165, 1.54) is 5.56 Å². The van der Waals surface area contributed by atoms with Crippen molar-refractivity contribution in [3.63, 3.8) is 0 Å². The van der Waals surface area contributed by atoms with Crippen molar-refractivity contribution in [2.75, 3.05) is 5.32 Å². The van der Waals surface area contributed by atoms with E-state index in [9.17, 15) is 4.79 Å². The van der Waals surface area contributed by atoms with Gasteiger partial charge in [0, 0.05) is 28.7 Å². The van der Waals surface area contributed by atoms with Crippen LogP contribution < -0.4 is 10.6 Å². The third-order valence-electron chi connectivity index (χ3n) is 4.45. The minimum atomic E-state index is -0.0782. The second-order valence-electron chi connectivity index (χ2n) is 7.08. The highest BCUT2D eigenvalue weighted by atomic mass is 16.1. The van der Waals surface area contributed by atoms with Crippen molar-refractivity contribution in [2.45, 2.75) is 39.7 Å². The van der Waals surface area contributed by atoms with Crippen molar-refractivity contribution in [1.82, 2.24) is 15.3 Å². The molecule has 3 rings (SSSR count). The molecule has 2 aromatic carbocycles. The fourth-order valence-electron chi connectivity index (χ4n) is 3.06. The molecule has 5 nitrogen and oxygen atoms in total. The number of amides is 1. The summed E-state index contributed by atoms with van der Waals surface area (Å²) in [6.07, 6.45) is 1.83. The van der Waals surface area contributed by atoms with E-state index in [2.05, 4.69) is 32.7 Å². The van der Waals surface area contributed by atoms with E-state index in [-0.39, 0.29) is 11.9 Å². The van der Waals surface area contributed by atoms with E-state index in [4.69, 9.17) is 0 Å². The average Bonchev–Trinajstić information content (AvgIpc) is 2.66. The van der Waals surface area contributed by atoms with Crippen molar-refractivity contribution in [3.8, 4) is 0 Å². The molecule has 0 aliphatic heterocycles. The Labute approximate surface area is 166 Å². The van der Waals surface area contributed by atoms with Gasteiger partial charge in [-0.1, -0.05) is 36.4 Å². The molecule has 2 N–H and O–H groups in total. The van der Waals surface area contributed by atoms with E-state index in [1.807, 2.05) is 69.3 Å². The molecule has 0 radical (unpaired) electrons. The predicted molar refractivity (Wildman–Crippen MR) is 113 cm³/mol. The summed E-state index contributed by atoms with van der Waals surface area (Å²) >= 11 is 0. The van der Waals surface area contributed by atoms with Crippen molar-refractivity contribution in [2.24, 2.45) is 0 Å². The zero-order valence-corrected chi connectivity index (χ0v) is 16.6. The van der Waals surface area contributed by atoms with Gasteiger partial charge in [0.2, 0.25) is 5.95 Å². The second kappa shape index (κ2) is 9.13. The molecule has 28 heavy (non-hydrogen) atoms. The molecule has 3 aromatic rings. The van der Waals surface area contributed by atoms with Gasteiger partial charge in [0.05, 0.1) is 0 Å². The summed E-state index contributed by atoms with van der Waals surface area (Å²) in [6, 6.07) is 19.7. The summed E-state index contributed by atoms with van der Waals surface area (Å²) in [6.45, 7) is 5.90. The van der Waals surface area contributed by atoms with Crippen LogP contribution in [0.4, 0.5) is 11.6 Å². The lowest BCUT2D eigenvalue weighted by Gasteiger charge is -2.14. The standard InChI is InChI=1S/C23H26N4O/c1-16(12-13-19-8-5-4-6-9-19)24-22(28)20-10-7-11-21(15-20)27-23-25-17(2)14-18(3)26-23/h4-11,14-16H,12-13H2,1-3H3,(H,24,28)(H,25,26,27)/t16-/m1/s1. The minimum absolute atomic E-state index is 0.0782. The maximum Gasteiger partial charge on any atom is 0.251 e. The number of anilines is 2. The Morgan fingerprint density at radius 2 is 1.68 bits per heavy atom. The van der Waals surface area contributed by atoms with Crippen LogP contribution in [0, 0.1) is 13.8 Å². The molecule has 1 aromatic heterocycles. The minimum Gasteiger partial charge on any atom is -0.350 e. The zero-order valence-electron chi connectivity index (χ0n) is 16.6. The maximum absolute atomic E-state index is 12.6. The Hall–Kier alpha value is -3.21. The Kier molecular flexibility index (Phi) is 6.37. The third-order valence-corrected chi connectivity index (χ3v) is 4.45. The number of aryl methyl sites for hydroxylation is 3. The van der Waals surface area contributed by atoms with Crippen molar-refractivity contribution >= 4 is 17.5 Å². The molecule has 1 amide bonds. The summed E-state index contributed by atoms with van der Waals surface area (Å²) in [5, 5.41) is 6.26. The highest BCUT2D eigenvalue weighted by Gasteiger charge is 2.11. The number of hydrogen-bond acceptors (Lipinski definition) is 4. The molecule has 0 saturated carbocycles. The Bertz CT molecular complexity index is 920. The number of hydrogen-bond donors (Lipinski definition) is 2. The largest absolute Gasteiger partial charge is 0.350 e. The van der Waals surface area contributed by atoms with Gasteiger partial charge in [-0.05, 0) is 63.4 Å². The van der Waals surface area contributed by atoms with Crippen LogP contribution in [0.3, 0.4) is 0 Å². The van der Waals surface area contributed by atoms with Crippen LogP contribution in [0.25, 0.3) is 0 Å². The van der Waals surface area contributed by atoms with Crippen molar-refractivity contribution in [3.05, 3.63) is 83.2 Å². The van der Waals surface area contributed by atoms with E-state index in [0.717, 1.165) is 29.9 Å². The highest BCUT2D eigenvalue weighted by Crippen LogP contribution is 2.16. The second-order valence-corrected chi connectivity index (χ2v) is 7.08. The predicted octanol–water partition coefficient (Wildman–Crippen LogP) is 4.59. The van der Waals surface area contributed by atoms with Crippen LogP contribution in [0.1, 0.15) is 40.7 Å². The number of nitrogens with one attached hydrogen (secondary N) is 2. The number of carbonyl (C=O) groups is 1. The van der Waals surface area contributed by atoms with Crippen LogP contribution in [-0.2, 0) is 6.42 Å². The molecule has 0 bridgehead atoms. The quantitative estimate of drug-likeness (QED) is 0.635. The van der Waals surface area contributed by atoms with Crippen molar-refractivity contribution in [1.29, 1.82) is 0 Å². The molecule has 0 spiro atoms. The molecule has 144 valence electrons. The molecular formula is C23H26N4O. The number of nitrogens with zero attached hydrogens (tertiary/aromatic N) is 2. The molecule has 0 aliphatic carbocycles. The van der Waals surface area contributed by atoms with Crippen molar-refractivity contribution < 1.29 is 4.79 Å². The maximum atomic E-state index is 12.6. The lowest BCUT2D eigenvalue weighted by molar-refractivity contribution is 0.0938. The smallest absolute Gasteiger partial charge is 0.251 e. The van der Waals surface area contributed by atoms with E-state index in [0.29, 0.717) is 11.5 Å². The summed E-state index contributed by atoms with van der Waals surface area (Å²) in [5.41, 5.74) is 4.48. The van der Waals surface area contributed by atoms with E-state index >= 15 is 0 Å². The van der Waals surface area contributed by atoms with Gasteiger partial charge in [-0.15, -0.1) is 0 Å². The normalized spacial score (nSPS) is 11.7. The van der Waals surface area contributed by atoms with Gasteiger partial charge in [0.15, 0.2) is 0 Å². The number of rotatable bonds is 7. The molecule has 0 fully saturated rings.